The van der Waals surface area contributed by atoms with Crippen molar-refractivity contribution in [2.75, 3.05) is 51.3 Å². The maximum Gasteiger partial charge on any atom is 0.409 e. The molecule has 8 heteroatoms. The van der Waals surface area contributed by atoms with Gasteiger partial charge in [-0.3, -0.25) is 9.59 Å². The average Bonchev–Trinajstić information content (AvgIpc) is 2.64. The largest absolute Gasteiger partial charge is 0.481 e. The monoisotopic (exact) mass is 347 g/mol. The molecular formula is C17H21N3O5. The third kappa shape index (κ3) is 3.24. The molecule has 3 amide bonds. The van der Waals surface area contributed by atoms with Crippen molar-refractivity contribution in [1.29, 1.82) is 0 Å². The Hall–Kier alpha value is -2.77. The quantitative estimate of drug-likeness (QED) is 0.796. The van der Waals surface area contributed by atoms with Gasteiger partial charge in [-0.1, -0.05) is 6.07 Å². The van der Waals surface area contributed by atoms with Crippen LogP contribution in [0.2, 0.25) is 0 Å². The number of ether oxygens (including phenoxy) is 2. The Kier molecular flexibility index (Phi) is 4.78. The van der Waals surface area contributed by atoms with Crippen LogP contribution in [0.25, 0.3) is 0 Å². The Morgan fingerprint density at radius 3 is 2.52 bits per heavy atom. The van der Waals surface area contributed by atoms with Crippen LogP contribution < -0.4 is 9.64 Å². The lowest BCUT2D eigenvalue weighted by Crippen LogP contribution is -2.50. The Labute approximate surface area is 145 Å². The Balaban J connectivity index is 1.73. The fourth-order valence-corrected chi connectivity index (χ4v) is 2.95. The van der Waals surface area contributed by atoms with Crippen molar-refractivity contribution < 1.29 is 23.9 Å². The molecule has 2 heterocycles. The second-order valence-electron chi connectivity index (χ2n) is 5.87. The molecule has 8 nitrogen and oxygen atoms in total. The highest BCUT2D eigenvalue weighted by molar-refractivity contribution is 6.04. The fraction of sp³-hybridized carbons (Fsp3) is 0.471. The van der Waals surface area contributed by atoms with Crippen LogP contribution in [0.1, 0.15) is 17.3 Å². The van der Waals surface area contributed by atoms with Crippen LogP contribution >= 0.6 is 0 Å². The van der Waals surface area contributed by atoms with Crippen LogP contribution in [-0.2, 0) is 9.53 Å². The molecule has 0 aromatic heterocycles. The summed E-state index contributed by atoms with van der Waals surface area (Å²) in [4.78, 5) is 41.1. The Morgan fingerprint density at radius 2 is 1.84 bits per heavy atom. The first-order valence-corrected chi connectivity index (χ1v) is 8.26. The second kappa shape index (κ2) is 7.00. The molecule has 0 saturated carbocycles. The van der Waals surface area contributed by atoms with Crippen molar-refractivity contribution in [3.05, 3.63) is 23.8 Å². The van der Waals surface area contributed by atoms with Gasteiger partial charge in [0.15, 0.2) is 12.4 Å². The summed E-state index contributed by atoms with van der Waals surface area (Å²) in [6.45, 7) is 3.73. The zero-order valence-electron chi connectivity index (χ0n) is 14.4. The first kappa shape index (κ1) is 17.1. The van der Waals surface area contributed by atoms with Crippen LogP contribution in [0.5, 0.6) is 5.75 Å². The number of nitrogens with zero attached hydrogens (tertiary/aromatic N) is 3. The minimum atomic E-state index is -0.352. The number of hydrogen-bond donors (Lipinski definition) is 0. The van der Waals surface area contributed by atoms with E-state index in [1.165, 1.54) is 4.90 Å². The SMILES string of the molecule is CCOC(=O)N1CCN(C(=O)c2cccc3c2OCC(=O)N3C)CC1. The smallest absolute Gasteiger partial charge is 0.409 e. The molecule has 0 bridgehead atoms. The molecule has 0 aliphatic carbocycles. The van der Waals surface area contributed by atoms with Crippen LogP contribution in [-0.4, -0.2) is 74.1 Å². The normalized spacial score (nSPS) is 17.0. The molecule has 134 valence electrons. The zero-order valence-corrected chi connectivity index (χ0v) is 14.4. The molecule has 25 heavy (non-hydrogen) atoms. The number of anilines is 1. The van der Waals surface area contributed by atoms with Crippen molar-refractivity contribution >= 4 is 23.6 Å². The summed E-state index contributed by atoms with van der Waals surface area (Å²) in [7, 11) is 1.66. The number of para-hydroxylation sites is 1. The number of rotatable bonds is 2. The second-order valence-corrected chi connectivity index (χ2v) is 5.87. The van der Waals surface area contributed by atoms with Crippen LogP contribution in [0.15, 0.2) is 18.2 Å². The molecule has 1 fully saturated rings. The lowest BCUT2D eigenvalue weighted by molar-refractivity contribution is -0.121. The van der Waals surface area contributed by atoms with Crippen molar-refractivity contribution in [1.82, 2.24) is 9.80 Å². The van der Waals surface area contributed by atoms with Crippen molar-refractivity contribution in [3.63, 3.8) is 0 Å². The van der Waals surface area contributed by atoms with Gasteiger partial charge in [-0.15, -0.1) is 0 Å². The van der Waals surface area contributed by atoms with Gasteiger partial charge in [0.05, 0.1) is 17.9 Å². The third-order valence-corrected chi connectivity index (χ3v) is 4.39. The van der Waals surface area contributed by atoms with Gasteiger partial charge in [0, 0.05) is 33.2 Å². The standard InChI is InChI=1S/C17H21N3O5/c1-3-24-17(23)20-9-7-19(8-10-20)16(22)12-5-4-6-13-15(12)25-11-14(21)18(13)2/h4-6H,3,7-11H2,1-2H3. The molecule has 1 aromatic carbocycles. The highest BCUT2D eigenvalue weighted by Crippen LogP contribution is 2.35. The van der Waals surface area contributed by atoms with E-state index in [4.69, 9.17) is 9.47 Å². The third-order valence-electron chi connectivity index (χ3n) is 4.39. The summed E-state index contributed by atoms with van der Waals surface area (Å²) in [6, 6.07) is 5.18. The van der Waals surface area contributed by atoms with E-state index in [1.807, 2.05) is 0 Å². The molecule has 1 aromatic rings. The number of carbonyl (C=O) groups is 3. The summed E-state index contributed by atoms with van der Waals surface area (Å²) >= 11 is 0. The highest BCUT2D eigenvalue weighted by atomic mass is 16.6. The molecule has 1 saturated heterocycles. The van der Waals surface area contributed by atoms with Crippen LogP contribution in [0.4, 0.5) is 10.5 Å². The van der Waals surface area contributed by atoms with Gasteiger partial charge in [0.2, 0.25) is 0 Å². The lowest BCUT2D eigenvalue weighted by Gasteiger charge is -2.35. The maximum atomic E-state index is 12.9. The zero-order chi connectivity index (χ0) is 18.0. The van der Waals surface area contributed by atoms with E-state index in [0.717, 1.165) is 0 Å². The van der Waals surface area contributed by atoms with E-state index in [1.54, 1.807) is 42.0 Å². The predicted molar refractivity (Wildman–Crippen MR) is 89.8 cm³/mol. The minimum absolute atomic E-state index is 0.0789. The summed E-state index contributed by atoms with van der Waals surface area (Å²) in [6.07, 6.45) is -0.352. The van der Waals surface area contributed by atoms with E-state index in [0.29, 0.717) is 49.8 Å². The molecule has 0 N–H and O–H groups in total. The summed E-state index contributed by atoms with van der Waals surface area (Å²) in [5.41, 5.74) is 1.02. The lowest BCUT2D eigenvalue weighted by atomic mass is 10.1. The van der Waals surface area contributed by atoms with Crippen LogP contribution in [0.3, 0.4) is 0 Å². The number of hydrogen-bond acceptors (Lipinski definition) is 5. The number of carbonyl (C=O) groups excluding carboxylic acids is 3. The van der Waals surface area contributed by atoms with Gasteiger partial charge in [-0.05, 0) is 19.1 Å². The van der Waals surface area contributed by atoms with E-state index in [2.05, 4.69) is 0 Å². The van der Waals surface area contributed by atoms with Gasteiger partial charge >= 0.3 is 6.09 Å². The topological polar surface area (TPSA) is 79.4 Å². The Morgan fingerprint density at radius 1 is 1.16 bits per heavy atom. The van der Waals surface area contributed by atoms with Gasteiger partial charge in [0.25, 0.3) is 11.8 Å². The molecule has 0 unspecified atom stereocenters. The average molecular weight is 347 g/mol. The number of likely N-dealkylation sites (N-methyl/N-ethyl adjacent to an activating group) is 1. The van der Waals surface area contributed by atoms with Crippen molar-refractivity contribution in [2.24, 2.45) is 0 Å². The molecule has 2 aliphatic rings. The molecule has 0 spiro atoms. The molecular weight excluding hydrogens is 326 g/mol. The molecule has 2 aliphatic heterocycles. The number of piperazine rings is 1. The first-order valence-electron chi connectivity index (χ1n) is 8.26. The van der Waals surface area contributed by atoms with Gasteiger partial charge < -0.3 is 24.2 Å². The highest BCUT2D eigenvalue weighted by Gasteiger charge is 2.31. The summed E-state index contributed by atoms with van der Waals surface area (Å²) in [5, 5.41) is 0. The maximum absolute atomic E-state index is 12.9. The summed E-state index contributed by atoms with van der Waals surface area (Å²) in [5.74, 6) is 0.116. The van der Waals surface area contributed by atoms with Gasteiger partial charge in [-0.25, -0.2) is 4.79 Å². The molecule has 3 rings (SSSR count). The van der Waals surface area contributed by atoms with Gasteiger partial charge in [-0.2, -0.15) is 0 Å². The number of amides is 3. The Bertz CT molecular complexity index is 698. The molecule has 0 atom stereocenters. The van der Waals surface area contributed by atoms with E-state index >= 15 is 0 Å². The van der Waals surface area contributed by atoms with Crippen molar-refractivity contribution in [3.8, 4) is 5.75 Å². The van der Waals surface area contributed by atoms with Crippen molar-refractivity contribution in [2.45, 2.75) is 6.92 Å². The van der Waals surface area contributed by atoms with E-state index in [-0.39, 0.29) is 24.5 Å². The first-order chi connectivity index (χ1) is 12.0. The van der Waals surface area contributed by atoms with E-state index in [9.17, 15) is 14.4 Å². The number of fused-ring (bicyclic) bond motifs is 1. The summed E-state index contributed by atoms with van der Waals surface area (Å²) < 4.78 is 10.5. The van der Waals surface area contributed by atoms with Gasteiger partial charge in [0.1, 0.15) is 0 Å². The number of benzene rings is 1. The predicted octanol–water partition coefficient (Wildman–Crippen LogP) is 0.956. The fourth-order valence-electron chi connectivity index (χ4n) is 2.95. The van der Waals surface area contributed by atoms with E-state index < -0.39 is 0 Å². The molecule has 0 radical (unpaired) electrons. The minimum Gasteiger partial charge on any atom is -0.481 e. The van der Waals surface area contributed by atoms with Crippen LogP contribution in [0, 0.1) is 0 Å².